The van der Waals surface area contributed by atoms with Gasteiger partial charge in [0.1, 0.15) is 5.75 Å². The minimum atomic E-state index is 0.220. The molecule has 1 heteroatoms. The van der Waals surface area contributed by atoms with Crippen LogP contribution in [-0.2, 0) is 11.8 Å². The Kier molecular flexibility index (Phi) is 3.20. The summed E-state index contributed by atoms with van der Waals surface area (Å²) in [6.45, 7) is 8.92. The van der Waals surface area contributed by atoms with Crippen molar-refractivity contribution in [2.24, 2.45) is 0 Å². The molecule has 0 saturated carbocycles. The van der Waals surface area contributed by atoms with Crippen LogP contribution in [0.25, 0.3) is 0 Å². The zero-order chi connectivity index (χ0) is 10.8. The van der Waals surface area contributed by atoms with E-state index in [1.807, 2.05) is 6.07 Å². The van der Waals surface area contributed by atoms with Crippen molar-refractivity contribution in [2.75, 3.05) is 7.11 Å². The summed E-state index contributed by atoms with van der Waals surface area (Å²) in [5, 5.41) is 0. The van der Waals surface area contributed by atoms with Crippen LogP contribution < -0.4 is 4.74 Å². The molecule has 0 unspecified atom stereocenters. The number of methoxy groups -OCH3 is 1. The van der Waals surface area contributed by atoms with E-state index in [0.717, 1.165) is 12.2 Å². The molecule has 1 aromatic carbocycles. The van der Waals surface area contributed by atoms with E-state index in [2.05, 4.69) is 39.8 Å². The van der Waals surface area contributed by atoms with E-state index >= 15 is 0 Å². The Balaban J connectivity index is 3.18. The quantitative estimate of drug-likeness (QED) is 0.696. The van der Waals surface area contributed by atoms with Gasteiger partial charge in [0, 0.05) is 0 Å². The summed E-state index contributed by atoms with van der Waals surface area (Å²) >= 11 is 0. The molecule has 0 aromatic heterocycles. The highest BCUT2D eigenvalue weighted by Crippen LogP contribution is 2.28. The second-order valence-electron chi connectivity index (χ2n) is 4.63. The van der Waals surface area contributed by atoms with E-state index in [1.165, 1.54) is 11.1 Å². The highest BCUT2D eigenvalue weighted by Gasteiger charge is 2.17. The molecular formula is C13H20O. The van der Waals surface area contributed by atoms with Crippen LogP contribution in [0.1, 0.15) is 38.8 Å². The monoisotopic (exact) mass is 192 g/mol. The predicted molar refractivity (Wildman–Crippen MR) is 61.1 cm³/mol. The van der Waals surface area contributed by atoms with Gasteiger partial charge in [0.25, 0.3) is 0 Å². The van der Waals surface area contributed by atoms with Crippen LogP contribution in [0.4, 0.5) is 0 Å². The SMILES string of the molecule is CCc1cc(OC)ccc1C(C)(C)C. The molecule has 0 atom stereocenters. The largest absolute Gasteiger partial charge is 0.497 e. The molecule has 0 fully saturated rings. The summed E-state index contributed by atoms with van der Waals surface area (Å²) in [4.78, 5) is 0. The Morgan fingerprint density at radius 1 is 1.21 bits per heavy atom. The van der Waals surface area contributed by atoms with Crippen molar-refractivity contribution in [3.8, 4) is 5.75 Å². The lowest BCUT2D eigenvalue weighted by molar-refractivity contribution is 0.413. The van der Waals surface area contributed by atoms with Gasteiger partial charge in [0.2, 0.25) is 0 Å². The van der Waals surface area contributed by atoms with Gasteiger partial charge >= 0.3 is 0 Å². The third kappa shape index (κ3) is 2.28. The molecule has 0 radical (unpaired) electrons. The van der Waals surface area contributed by atoms with E-state index < -0.39 is 0 Å². The van der Waals surface area contributed by atoms with Gasteiger partial charge in [-0.2, -0.15) is 0 Å². The van der Waals surface area contributed by atoms with E-state index in [-0.39, 0.29) is 5.41 Å². The average Bonchev–Trinajstić information content (AvgIpc) is 2.15. The van der Waals surface area contributed by atoms with E-state index in [1.54, 1.807) is 7.11 Å². The topological polar surface area (TPSA) is 9.23 Å². The van der Waals surface area contributed by atoms with Crippen molar-refractivity contribution in [1.29, 1.82) is 0 Å². The van der Waals surface area contributed by atoms with Gasteiger partial charge in [-0.1, -0.05) is 33.8 Å². The molecule has 0 N–H and O–H groups in total. The summed E-state index contributed by atoms with van der Waals surface area (Å²) in [7, 11) is 1.71. The average molecular weight is 192 g/mol. The third-order valence-corrected chi connectivity index (χ3v) is 2.50. The first-order valence-corrected chi connectivity index (χ1v) is 5.16. The van der Waals surface area contributed by atoms with Crippen LogP contribution in [0.15, 0.2) is 18.2 Å². The molecule has 1 aromatic rings. The predicted octanol–water partition coefficient (Wildman–Crippen LogP) is 3.56. The highest BCUT2D eigenvalue weighted by molar-refractivity contribution is 5.39. The van der Waals surface area contributed by atoms with Crippen LogP contribution >= 0.6 is 0 Å². The standard InChI is InChI=1S/C13H20O/c1-6-10-9-11(14-5)7-8-12(10)13(2,3)4/h7-9H,6H2,1-5H3. The first-order valence-electron chi connectivity index (χ1n) is 5.16. The van der Waals surface area contributed by atoms with E-state index in [4.69, 9.17) is 4.74 Å². The molecule has 0 aliphatic carbocycles. The van der Waals surface area contributed by atoms with Gasteiger partial charge in [0.05, 0.1) is 7.11 Å². The van der Waals surface area contributed by atoms with Gasteiger partial charge in [-0.05, 0) is 35.1 Å². The Labute approximate surface area is 87.1 Å². The van der Waals surface area contributed by atoms with E-state index in [9.17, 15) is 0 Å². The fourth-order valence-electron chi connectivity index (χ4n) is 1.72. The van der Waals surface area contributed by atoms with Crippen LogP contribution in [0, 0.1) is 0 Å². The number of hydrogen-bond donors (Lipinski definition) is 0. The van der Waals surface area contributed by atoms with Gasteiger partial charge in [-0.25, -0.2) is 0 Å². The lowest BCUT2D eigenvalue weighted by atomic mass is 9.83. The minimum absolute atomic E-state index is 0.220. The summed E-state index contributed by atoms with van der Waals surface area (Å²) < 4.78 is 5.22. The number of benzene rings is 1. The smallest absolute Gasteiger partial charge is 0.119 e. The molecule has 0 heterocycles. The second-order valence-corrected chi connectivity index (χ2v) is 4.63. The molecule has 0 spiro atoms. The summed E-state index contributed by atoms with van der Waals surface area (Å²) in [5.74, 6) is 0.954. The normalized spacial score (nSPS) is 11.5. The maximum Gasteiger partial charge on any atom is 0.119 e. The molecule has 0 saturated heterocycles. The lowest BCUT2D eigenvalue weighted by Crippen LogP contribution is -2.13. The van der Waals surface area contributed by atoms with Crippen molar-refractivity contribution >= 4 is 0 Å². The van der Waals surface area contributed by atoms with Crippen molar-refractivity contribution in [3.63, 3.8) is 0 Å². The van der Waals surface area contributed by atoms with Crippen LogP contribution in [0.5, 0.6) is 5.75 Å². The molecule has 0 amide bonds. The van der Waals surface area contributed by atoms with Gasteiger partial charge in [-0.15, -0.1) is 0 Å². The Morgan fingerprint density at radius 2 is 1.86 bits per heavy atom. The molecule has 1 nitrogen and oxygen atoms in total. The summed E-state index contributed by atoms with van der Waals surface area (Å²) in [5.41, 5.74) is 3.02. The van der Waals surface area contributed by atoms with Crippen molar-refractivity contribution in [2.45, 2.75) is 39.5 Å². The molecule has 0 aliphatic rings. The first kappa shape index (κ1) is 11.1. The fraction of sp³-hybridized carbons (Fsp3) is 0.538. The third-order valence-electron chi connectivity index (χ3n) is 2.50. The Hall–Kier alpha value is -0.980. The van der Waals surface area contributed by atoms with Crippen LogP contribution in [0.3, 0.4) is 0 Å². The van der Waals surface area contributed by atoms with Crippen LogP contribution in [0.2, 0.25) is 0 Å². The molecule has 14 heavy (non-hydrogen) atoms. The van der Waals surface area contributed by atoms with Gasteiger partial charge in [-0.3, -0.25) is 0 Å². The van der Waals surface area contributed by atoms with Crippen molar-refractivity contribution in [3.05, 3.63) is 29.3 Å². The second kappa shape index (κ2) is 4.04. The zero-order valence-electron chi connectivity index (χ0n) is 9.85. The molecule has 78 valence electrons. The fourth-order valence-corrected chi connectivity index (χ4v) is 1.72. The molecule has 0 aliphatic heterocycles. The zero-order valence-corrected chi connectivity index (χ0v) is 9.85. The van der Waals surface area contributed by atoms with Crippen molar-refractivity contribution < 1.29 is 4.74 Å². The number of rotatable bonds is 2. The molecular weight excluding hydrogens is 172 g/mol. The molecule has 1 rings (SSSR count). The Morgan fingerprint density at radius 3 is 2.29 bits per heavy atom. The highest BCUT2D eigenvalue weighted by atomic mass is 16.5. The first-order chi connectivity index (χ1) is 6.49. The van der Waals surface area contributed by atoms with Crippen LogP contribution in [-0.4, -0.2) is 7.11 Å². The number of hydrogen-bond acceptors (Lipinski definition) is 1. The lowest BCUT2D eigenvalue weighted by Gasteiger charge is -2.23. The summed E-state index contributed by atoms with van der Waals surface area (Å²) in [6, 6.07) is 6.36. The minimum Gasteiger partial charge on any atom is -0.497 e. The van der Waals surface area contributed by atoms with Crippen molar-refractivity contribution in [1.82, 2.24) is 0 Å². The maximum atomic E-state index is 5.22. The molecule has 0 bridgehead atoms. The summed E-state index contributed by atoms with van der Waals surface area (Å²) in [6.07, 6.45) is 1.06. The van der Waals surface area contributed by atoms with E-state index in [0.29, 0.717) is 0 Å². The maximum absolute atomic E-state index is 5.22. The Bertz CT molecular complexity index is 308. The number of ether oxygens (including phenoxy) is 1. The number of aryl methyl sites for hydroxylation is 1. The van der Waals surface area contributed by atoms with Gasteiger partial charge < -0.3 is 4.74 Å². The van der Waals surface area contributed by atoms with Gasteiger partial charge in [0.15, 0.2) is 0 Å².